The van der Waals surface area contributed by atoms with Gasteiger partial charge >= 0.3 is 0 Å². The van der Waals surface area contributed by atoms with Crippen LogP contribution in [0.2, 0.25) is 0 Å². The van der Waals surface area contributed by atoms with Gasteiger partial charge < -0.3 is 0 Å². The lowest BCUT2D eigenvalue weighted by Crippen LogP contribution is -2.43. The lowest BCUT2D eigenvalue weighted by atomic mass is 10.0. The second-order valence-electron chi connectivity index (χ2n) is 3.29. The number of hydrogen-bond acceptors (Lipinski definition) is 2. The Balaban J connectivity index is 2.56. The van der Waals surface area contributed by atoms with Crippen molar-refractivity contribution in [3.05, 3.63) is 0 Å². The smallest absolute Gasteiger partial charge is 0.205 e. The highest BCUT2D eigenvalue weighted by Crippen LogP contribution is 2.17. The van der Waals surface area contributed by atoms with E-state index < -0.39 is 10.2 Å². The summed E-state index contributed by atoms with van der Waals surface area (Å²) in [4.78, 5) is 0. The Morgan fingerprint density at radius 2 is 1.83 bits per heavy atom. The van der Waals surface area contributed by atoms with Crippen LogP contribution in [-0.4, -0.2) is 32.9 Å². The van der Waals surface area contributed by atoms with Gasteiger partial charge in [0.15, 0.2) is 0 Å². The van der Waals surface area contributed by atoms with Crippen LogP contribution in [0.25, 0.3) is 0 Å². The first-order valence-electron chi connectivity index (χ1n) is 4.25. The quantitative estimate of drug-likeness (QED) is 0.678. The summed E-state index contributed by atoms with van der Waals surface area (Å²) in [6.45, 7) is 3.47. The Morgan fingerprint density at radius 3 is 2.25 bits per heavy atom. The molecule has 0 radical (unpaired) electrons. The molecule has 0 aromatic carbocycles. The van der Waals surface area contributed by atoms with Gasteiger partial charge in [-0.25, -0.2) is 4.72 Å². The first-order chi connectivity index (χ1) is 5.56. The minimum Gasteiger partial charge on any atom is -0.205 e. The fourth-order valence-corrected chi connectivity index (χ4v) is 2.30. The minimum absolute atomic E-state index is 0.657. The third-order valence-electron chi connectivity index (χ3n) is 2.34. The van der Waals surface area contributed by atoms with Crippen molar-refractivity contribution in [2.75, 3.05) is 20.1 Å². The molecule has 1 heterocycles. The van der Waals surface area contributed by atoms with Crippen LogP contribution in [0.3, 0.4) is 0 Å². The van der Waals surface area contributed by atoms with Gasteiger partial charge in [-0.3, -0.25) is 0 Å². The van der Waals surface area contributed by atoms with E-state index in [0.29, 0.717) is 19.0 Å². The number of rotatable bonds is 2. The largest absolute Gasteiger partial charge is 0.279 e. The van der Waals surface area contributed by atoms with Gasteiger partial charge in [0.25, 0.3) is 10.2 Å². The van der Waals surface area contributed by atoms with Crippen molar-refractivity contribution in [2.45, 2.75) is 19.8 Å². The van der Waals surface area contributed by atoms with Crippen LogP contribution in [-0.2, 0) is 10.2 Å². The first kappa shape index (κ1) is 9.95. The van der Waals surface area contributed by atoms with Crippen molar-refractivity contribution < 1.29 is 8.42 Å². The van der Waals surface area contributed by atoms with Crippen LogP contribution >= 0.6 is 0 Å². The van der Waals surface area contributed by atoms with Gasteiger partial charge in [-0.15, -0.1) is 0 Å². The van der Waals surface area contributed by atoms with Crippen LogP contribution in [0.15, 0.2) is 0 Å². The molecule has 0 saturated carbocycles. The molecule has 0 aromatic heterocycles. The lowest BCUT2D eigenvalue weighted by molar-refractivity contribution is 0.286. The summed E-state index contributed by atoms with van der Waals surface area (Å²) < 4.78 is 26.4. The van der Waals surface area contributed by atoms with Crippen LogP contribution < -0.4 is 4.72 Å². The average molecular weight is 192 g/mol. The topological polar surface area (TPSA) is 49.4 Å². The molecule has 0 amide bonds. The Kier molecular flexibility index (Phi) is 3.09. The Hall–Kier alpha value is -0.130. The van der Waals surface area contributed by atoms with E-state index in [1.807, 2.05) is 0 Å². The van der Waals surface area contributed by atoms with E-state index in [4.69, 9.17) is 0 Å². The second kappa shape index (κ2) is 3.72. The number of nitrogens with zero attached hydrogens (tertiary/aromatic N) is 1. The van der Waals surface area contributed by atoms with Gasteiger partial charge in [0.2, 0.25) is 0 Å². The predicted molar refractivity (Wildman–Crippen MR) is 48.0 cm³/mol. The summed E-state index contributed by atoms with van der Waals surface area (Å²) in [6.07, 6.45) is 1.95. The van der Waals surface area contributed by atoms with E-state index in [2.05, 4.69) is 11.6 Å². The Bertz CT molecular complexity index is 230. The first-order valence-corrected chi connectivity index (χ1v) is 5.69. The maximum absolute atomic E-state index is 11.3. The summed E-state index contributed by atoms with van der Waals surface area (Å²) in [7, 11) is -1.71. The summed E-state index contributed by atoms with van der Waals surface area (Å²) in [5, 5.41) is 0. The predicted octanol–water partition coefficient (Wildman–Crippen LogP) is 0.182. The van der Waals surface area contributed by atoms with Gasteiger partial charge in [0.05, 0.1) is 0 Å². The SMILES string of the molecule is CNS(=O)(=O)N1CCC(C)CC1. The molecule has 0 bridgehead atoms. The minimum atomic E-state index is -3.16. The molecule has 0 aromatic rings. The molecule has 1 N–H and O–H groups in total. The molecular formula is C7H16N2O2S. The van der Waals surface area contributed by atoms with E-state index in [0.717, 1.165) is 12.8 Å². The molecule has 1 fully saturated rings. The van der Waals surface area contributed by atoms with Crippen LogP contribution in [0.1, 0.15) is 19.8 Å². The van der Waals surface area contributed by atoms with E-state index >= 15 is 0 Å². The van der Waals surface area contributed by atoms with E-state index in [1.54, 1.807) is 0 Å². The highest BCUT2D eigenvalue weighted by atomic mass is 32.2. The zero-order valence-corrected chi connectivity index (χ0v) is 8.39. The zero-order chi connectivity index (χ0) is 9.19. The van der Waals surface area contributed by atoms with Gasteiger partial charge in [-0.1, -0.05) is 6.92 Å². The summed E-state index contributed by atoms with van der Waals surface area (Å²) in [5.74, 6) is 0.660. The van der Waals surface area contributed by atoms with E-state index in [9.17, 15) is 8.42 Å². The summed E-state index contributed by atoms with van der Waals surface area (Å²) in [5.41, 5.74) is 0. The van der Waals surface area contributed by atoms with Crippen molar-refractivity contribution >= 4 is 10.2 Å². The molecule has 1 saturated heterocycles. The van der Waals surface area contributed by atoms with Crippen LogP contribution in [0, 0.1) is 5.92 Å². The van der Waals surface area contributed by atoms with Crippen LogP contribution in [0.5, 0.6) is 0 Å². The van der Waals surface area contributed by atoms with Gasteiger partial charge in [-0.05, 0) is 18.8 Å². The third-order valence-corrected chi connectivity index (χ3v) is 3.90. The molecule has 0 unspecified atom stereocenters. The summed E-state index contributed by atoms with van der Waals surface area (Å²) in [6, 6.07) is 0. The molecule has 1 aliphatic rings. The number of hydrogen-bond donors (Lipinski definition) is 1. The lowest BCUT2D eigenvalue weighted by Gasteiger charge is -2.28. The molecule has 1 rings (SSSR count). The average Bonchev–Trinajstić information content (AvgIpc) is 2.05. The second-order valence-corrected chi connectivity index (χ2v) is 5.17. The third kappa shape index (κ3) is 2.18. The van der Waals surface area contributed by atoms with Crippen molar-refractivity contribution in [1.29, 1.82) is 0 Å². The molecular weight excluding hydrogens is 176 g/mol. The zero-order valence-electron chi connectivity index (χ0n) is 7.58. The van der Waals surface area contributed by atoms with Crippen molar-refractivity contribution in [1.82, 2.24) is 9.03 Å². The molecule has 0 atom stereocenters. The monoisotopic (exact) mass is 192 g/mol. The van der Waals surface area contributed by atoms with E-state index in [-0.39, 0.29) is 0 Å². The normalized spacial score (nSPS) is 22.8. The van der Waals surface area contributed by atoms with Gasteiger partial charge in [0, 0.05) is 20.1 Å². The van der Waals surface area contributed by atoms with E-state index in [1.165, 1.54) is 11.4 Å². The Morgan fingerprint density at radius 1 is 1.33 bits per heavy atom. The number of nitrogens with one attached hydrogen (secondary N) is 1. The Labute approximate surface area is 74.1 Å². The standard InChI is InChI=1S/C7H16N2O2S/c1-7-3-5-9(6-4-7)12(10,11)8-2/h7-8H,3-6H2,1-2H3. The van der Waals surface area contributed by atoms with Gasteiger partial charge in [0.1, 0.15) is 0 Å². The summed E-state index contributed by atoms with van der Waals surface area (Å²) >= 11 is 0. The maximum Gasteiger partial charge on any atom is 0.279 e. The van der Waals surface area contributed by atoms with Crippen LogP contribution in [0.4, 0.5) is 0 Å². The van der Waals surface area contributed by atoms with Crippen molar-refractivity contribution in [3.8, 4) is 0 Å². The molecule has 1 aliphatic heterocycles. The highest BCUT2D eigenvalue weighted by molar-refractivity contribution is 7.87. The highest BCUT2D eigenvalue weighted by Gasteiger charge is 2.24. The van der Waals surface area contributed by atoms with Gasteiger partial charge in [-0.2, -0.15) is 12.7 Å². The fourth-order valence-electron chi connectivity index (χ4n) is 1.35. The number of piperidine rings is 1. The fraction of sp³-hybridized carbons (Fsp3) is 1.00. The molecule has 0 aliphatic carbocycles. The molecule has 5 heteroatoms. The molecule has 72 valence electrons. The molecule has 4 nitrogen and oxygen atoms in total. The molecule has 0 spiro atoms. The van der Waals surface area contributed by atoms with Crippen molar-refractivity contribution in [3.63, 3.8) is 0 Å². The maximum atomic E-state index is 11.3. The van der Waals surface area contributed by atoms with Crippen molar-refractivity contribution in [2.24, 2.45) is 5.92 Å². The molecule has 12 heavy (non-hydrogen) atoms.